The number of benzene rings is 1. The molecule has 0 saturated carbocycles. The van der Waals surface area contributed by atoms with E-state index in [1.54, 1.807) is 0 Å². The molecule has 0 aliphatic carbocycles. The average molecular weight is 294 g/mol. The van der Waals surface area contributed by atoms with Gasteiger partial charge >= 0.3 is 6.18 Å². The number of nitrogen functional groups attached to an aromatic ring is 1. The number of alkyl halides is 3. The van der Waals surface area contributed by atoms with Gasteiger partial charge in [-0.25, -0.2) is 4.98 Å². The molecular weight excluding hydrogens is 285 g/mol. The van der Waals surface area contributed by atoms with Gasteiger partial charge in [0.2, 0.25) is 5.95 Å². The topological polar surface area (TPSA) is 92.5 Å². The number of hydrogen-bond donors (Lipinski definition) is 3. The maximum Gasteiger partial charge on any atom is 0.418 e. The van der Waals surface area contributed by atoms with Crippen LogP contribution in [0.15, 0.2) is 30.6 Å². The predicted octanol–water partition coefficient (Wildman–Crippen LogP) is 2.70. The number of aromatic nitrogens is 4. The van der Waals surface area contributed by atoms with E-state index in [0.717, 1.165) is 6.07 Å². The fourth-order valence-corrected chi connectivity index (χ4v) is 1.91. The molecular formula is C12H9F3N6. The molecule has 1 aromatic carbocycles. The molecule has 0 spiro atoms. The molecule has 3 aromatic rings. The van der Waals surface area contributed by atoms with E-state index in [2.05, 4.69) is 25.3 Å². The third kappa shape index (κ3) is 2.45. The molecule has 3 rings (SSSR count). The van der Waals surface area contributed by atoms with Crippen molar-refractivity contribution in [2.45, 2.75) is 6.18 Å². The lowest BCUT2D eigenvalue weighted by molar-refractivity contribution is -0.136. The van der Waals surface area contributed by atoms with Crippen LogP contribution in [0.1, 0.15) is 5.56 Å². The first-order valence-electron chi connectivity index (χ1n) is 5.85. The molecule has 2 aromatic heterocycles. The molecule has 0 fully saturated rings. The third-order valence-corrected chi connectivity index (χ3v) is 2.79. The van der Waals surface area contributed by atoms with Crippen molar-refractivity contribution in [3.63, 3.8) is 0 Å². The van der Waals surface area contributed by atoms with E-state index in [4.69, 9.17) is 5.73 Å². The van der Waals surface area contributed by atoms with Gasteiger partial charge in [-0.1, -0.05) is 12.1 Å². The van der Waals surface area contributed by atoms with E-state index in [-0.39, 0.29) is 23.1 Å². The van der Waals surface area contributed by atoms with E-state index in [0.29, 0.717) is 5.52 Å². The van der Waals surface area contributed by atoms with Gasteiger partial charge in [0.25, 0.3) is 0 Å². The fraction of sp³-hybridized carbons (Fsp3) is 0.0833. The van der Waals surface area contributed by atoms with Gasteiger partial charge in [-0.3, -0.25) is 0 Å². The monoisotopic (exact) mass is 294 g/mol. The lowest BCUT2D eigenvalue weighted by Gasteiger charge is -2.14. The SMILES string of the molecule is Nc1nc(Nc2ccccc2C(F)(F)F)c2[nH]cnc2n1. The Hall–Kier alpha value is -2.84. The van der Waals surface area contributed by atoms with Gasteiger partial charge in [0.05, 0.1) is 17.6 Å². The maximum atomic E-state index is 13.0. The van der Waals surface area contributed by atoms with Crippen LogP contribution in [0.4, 0.5) is 30.6 Å². The van der Waals surface area contributed by atoms with E-state index >= 15 is 0 Å². The Morgan fingerprint density at radius 1 is 1.14 bits per heavy atom. The number of anilines is 3. The zero-order chi connectivity index (χ0) is 15.0. The number of para-hydroxylation sites is 1. The molecule has 4 N–H and O–H groups in total. The van der Waals surface area contributed by atoms with Crippen LogP contribution in [0, 0.1) is 0 Å². The first-order chi connectivity index (χ1) is 9.95. The molecule has 0 saturated heterocycles. The quantitative estimate of drug-likeness (QED) is 0.675. The molecule has 6 nitrogen and oxygen atoms in total. The van der Waals surface area contributed by atoms with Crippen molar-refractivity contribution in [3.05, 3.63) is 36.2 Å². The maximum absolute atomic E-state index is 13.0. The zero-order valence-corrected chi connectivity index (χ0v) is 10.4. The smallest absolute Gasteiger partial charge is 0.368 e. The van der Waals surface area contributed by atoms with Gasteiger partial charge < -0.3 is 16.0 Å². The first kappa shape index (κ1) is 13.2. The number of aromatic amines is 1. The van der Waals surface area contributed by atoms with Crippen molar-refractivity contribution >= 4 is 28.6 Å². The van der Waals surface area contributed by atoms with Crippen molar-refractivity contribution < 1.29 is 13.2 Å². The van der Waals surface area contributed by atoms with E-state index < -0.39 is 11.7 Å². The summed E-state index contributed by atoms with van der Waals surface area (Å²) in [5, 5.41) is 2.63. The number of hydrogen-bond acceptors (Lipinski definition) is 5. The lowest BCUT2D eigenvalue weighted by Crippen LogP contribution is -2.09. The molecule has 108 valence electrons. The van der Waals surface area contributed by atoms with Crippen molar-refractivity contribution in [2.75, 3.05) is 11.1 Å². The summed E-state index contributed by atoms with van der Waals surface area (Å²) in [4.78, 5) is 14.4. The Morgan fingerprint density at radius 2 is 1.90 bits per heavy atom. The standard InChI is InChI=1S/C12H9F3N6/c13-12(14,15)6-3-1-2-4-7(6)19-10-8-9(18-5-17-8)20-11(16)21-10/h1-5H,(H4,16,17,18,19,20,21). The minimum atomic E-state index is -4.48. The molecule has 9 heteroatoms. The van der Waals surface area contributed by atoms with Crippen LogP contribution in [-0.4, -0.2) is 19.9 Å². The van der Waals surface area contributed by atoms with Crippen LogP contribution in [0.3, 0.4) is 0 Å². The largest absolute Gasteiger partial charge is 0.418 e. The summed E-state index contributed by atoms with van der Waals surface area (Å²) in [7, 11) is 0. The highest BCUT2D eigenvalue weighted by Crippen LogP contribution is 2.36. The van der Waals surface area contributed by atoms with Crippen molar-refractivity contribution in [2.24, 2.45) is 0 Å². The highest BCUT2D eigenvalue weighted by molar-refractivity contribution is 5.86. The normalized spacial score (nSPS) is 11.8. The fourth-order valence-electron chi connectivity index (χ4n) is 1.91. The van der Waals surface area contributed by atoms with E-state index in [1.807, 2.05) is 0 Å². The first-order valence-corrected chi connectivity index (χ1v) is 5.85. The second-order valence-corrected chi connectivity index (χ2v) is 4.20. The Morgan fingerprint density at radius 3 is 2.67 bits per heavy atom. The van der Waals surface area contributed by atoms with Crippen molar-refractivity contribution in [1.82, 2.24) is 19.9 Å². The molecule has 0 unspecified atom stereocenters. The minimum absolute atomic E-state index is 0.0819. The number of H-pyrrole nitrogens is 1. The number of fused-ring (bicyclic) bond motifs is 1. The number of rotatable bonds is 2. The summed E-state index contributed by atoms with van der Waals surface area (Å²) in [5.41, 5.74) is 5.25. The number of nitrogens with zero attached hydrogens (tertiary/aromatic N) is 3. The summed E-state index contributed by atoms with van der Waals surface area (Å²) in [6.45, 7) is 0. The van der Waals surface area contributed by atoms with Crippen LogP contribution < -0.4 is 11.1 Å². The molecule has 2 heterocycles. The predicted molar refractivity (Wildman–Crippen MR) is 70.8 cm³/mol. The van der Waals surface area contributed by atoms with Crippen LogP contribution in [0.25, 0.3) is 11.2 Å². The molecule has 0 atom stereocenters. The molecule has 21 heavy (non-hydrogen) atoms. The van der Waals surface area contributed by atoms with Gasteiger partial charge in [0, 0.05) is 0 Å². The Labute approximate surface area is 116 Å². The second-order valence-electron chi connectivity index (χ2n) is 4.20. The van der Waals surface area contributed by atoms with Gasteiger partial charge in [-0.2, -0.15) is 23.1 Å². The van der Waals surface area contributed by atoms with E-state index in [1.165, 1.54) is 24.5 Å². The summed E-state index contributed by atoms with van der Waals surface area (Å²) >= 11 is 0. The summed E-state index contributed by atoms with van der Waals surface area (Å²) in [5.74, 6) is 0.0493. The second kappa shape index (κ2) is 4.62. The Kier molecular flexibility index (Phi) is 2.89. The lowest BCUT2D eigenvalue weighted by atomic mass is 10.1. The molecule has 0 amide bonds. The Balaban J connectivity index is 2.09. The molecule has 0 aliphatic heterocycles. The average Bonchev–Trinajstić information content (AvgIpc) is 2.86. The number of imidazole rings is 1. The van der Waals surface area contributed by atoms with Crippen molar-refractivity contribution in [1.29, 1.82) is 0 Å². The Bertz CT molecular complexity index is 795. The third-order valence-electron chi connectivity index (χ3n) is 2.79. The van der Waals surface area contributed by atoms with Crippen LogP contribution in [0.5, 0.6) is 0 Å². The van der Waals surface area contributed by atoms with Crippen LogP contribution in [0.2, 0.25) is 0 Å². The highest BCUT2D eigenvalue weighted by Gasteiger charge is 2.33. The number of nitrogens with one attached hydrogen (secondary N) is 2. The van der Waals surface area contributed by atoms with Gasteiger partial charge in [-0.05, 0) is 12.1 Å². The van der Waals surface area contributed by atoms with Crippen LogP contribution in [-0.2, 0) is 6.18 Å². The minimum Gasteiger partial charge on any atom is -0.368 e. The van der Waals surface area contributed by atoms with Gasteiger partial charge in [0.15, 0.2) is 11.5 Å². The number of halogens is 3. The van der Waals surface area contributed by atoms with E-state index in [9.17, 15) is 13.2 Å². The highest BCUT2D eigenvalue weighted by atomic mass is 19.4. The molecule has 0 aliphatic rings. The van der Waals surface area contributed by atoms with Crippen LogP contribution >= 0.6 is 0 Å². The number of nitrogens with two attached hydrogens (primary N) is 1. The van der Waals surface area contributed by atoms with Gasteiger partial charge in [0.1, 0.15) is 5.52 Å². The van der Waals surface area contributed by atoms with Gasteiger partial charge in [-0.15, -0.1) is 0 Å². The summed E-state index contributed by atoms with van der Waals surface area (Å²) in [6, 6.07) is 5.10. The van der Waals surface area contributed by atoms with Crippen molar-refractivity contribution in [3.8, 4) is 0 Å². The molecule has 0 radical (unpaired) electrons. The summed E-state index contributed by atoms with van der Waals surface area (Å²) in [6.07, 6.45) is -3.12. The zero-order valence-electron chi connectivity index (χ0n) is 10.4. The molecule has 0 bridgehead atoms. The summed E-state index contributed by atoms with van der Waals surface area (Å²) < 4.78 is 38.9.